The van der Waals surface area contributed by atoms with Gasteiger partial charge in [0.2, 0.25) is 0 Å². The molecule has 1 fully saturated rings. The van der Waals surface area contributed by atoms with E-state index >= 15 is 0 Å². The van der Waals surface area contributed by atoms with Gasteiger partial charge in [-0.2, -0.15) is 5.26 Å². The molecule has 0 spiro atoms. The summed E-state index contributed by atoms with van der Waals surface area (Å²) in [5, 5.41) is 12.5. The lowest BCUT2D eigenvalue weighted by atomic mass is 9.89. The minimum atomic E-state index is 0.731. The molecule has 1 aromatic rings. The van der Waals surface area contributed by atoms with Crippen LogP contribution >= 0.6 is 15.9 Å². The zero-order valence-corrected chi connectivity index (χ0v) is 10.8. The predicted octanol–water partition coefficient (Wildman–Crippen LogP) is 2.86. The van der Waals surface area contributed by atoms with E-state index in [4.69, 9.17) is 5.26 Å². The summed E-state index contributed by atoms with van der Waals surface area (Å²) in [5.74, 6) is 0.731. The molecule has 0 saturated carbocycles. The SMILES string of the molecule is N#Cc1cc(Br)ccc1CC1CCNCC1. The summed E-state index contributed by atoms with van der Waals surface area (Å²) >= 11 is 3.40. The maximum atomic E-state index is 9.09. The molecule has 0 aliphatic carbocycles. The molecule has 2 rings (SSSR count). The van der Waals surface area contributed by atoms with Gasteiger partial charge in [-0.25, -0.2) is 0 Å². The van der Waals surface area contributed by atoms with Gasteiger partial charge in [-0.15, -0.1) is 0 Å². The molecule has 0 aromatic heterocycles. The van der Waals surface area contributed by atoms with Crippen molar-refractivity contribution >= 4 is 15.9 Å². The number of piperidine rings is 1. The van der Waals surface area contributed by atoms with E-state index in [0.717, 1.165) is 35.5 Å². The van der Waals surface area contributed by atoms with Crippen LogP contribution in [0.5, 0.6) is 0 Å². The third kappa shape index (κ3) is 2.84. The van der Waals surface area contributed by atoms with Crippen molar-refractivity contribution in [2.45, 2.75) is 19.3 Å². The highest BCUT2D eigenvalue weighted by molar-refractivity contribution is 9.10. The molecule has 1 N–H and O–H groups in total. The molecular formula is C13H15BrN2. The average molecular weight is 279 g/mol. The van der Waals surface area contributed by atoms with Gasteiger partial charge in [-0.1, -0.05) is 22.0 Å². The summed E-state index contributed by atoms with van der Waals surface area (Å²) in [4.78, 5) is 0. The summed E-state index contributed by atoms with van der Waals surface area (Å²) in [5.41, 5.74) is 2.01. The van der Waals surface area contributed by atoms with Crippen molar-refractivity contribution in [1.29, 1.82) is 5.26 Å². The van der Waals surface area contributed by atoms with Crippen molar-refractivity contribution in [3.05, 3.63) is 33.8 Å². The summed E-state index contributed by atoms with van der Waals surface area (Å²) < 4.78 is 0.984. The van der Waals surface area contributed by atoms with E-state index in [9.17, 15) is 0 Å². The largest absolute Gasteiger partial charge is 0.317 e. The van der Waals surface area contributed by atoms with Crippen LogP contribution in [0.1, 0.15) is 24.0 Å². The summed E-state index contributed by atoms with van der Waals surface area (Å²) in [6, 6.07) is 8.29. The normalized spacial score (nSPS) is 17.0. The molecule has 0 atom stereocenters. The van der Waals surface area contributed by atoms with Crippen molar-refractivity contribution in [2.24, 2.45) is 5.92 Å². The van der Waals surface area contributed by atoms with Crippen molar-refractivity contribution in [2.75, 3.05) is 13.1 Å². The maximum absolute atomic E-state index is 9.09. The number of nitrogens with zero attached hydrogens (tertiary/aromatic N) is 1. The first-order valence-corrected chi connectivity index (χ1v) is 6.48. The lowest BCUT2D eigenvalue weighted by molar-refractivity contribution is 0.372. The summed E-state index contributed by atoms with van der Waals surface area (Å²) in [6.45, 7) is 2.23. The van der Waals surface area contributed by atoms with Crippen molar-refractivity contribution < 1.29 is 0 Å². The molecule has 3 heteroatoms. The van der Waals surface area contributed by atoms with E-state index in [0.29, 0.717) is 0 Å². The van der Waals surface area contributed by atoms with E-state index in [1.165, 1.54) is 18.4 Å². The Balaban J connectivity index is 2.11. The highest BCUT2D eigenvalue weighted by Crippen LogP contribution is 2.22. The van der Waals surface area contributed by atoms with Crippen LogP contribution in [-0.2, 0) is 6.42 Å². The van der Waals surface area contributed by atoms with Crippen LogP contribution in [0.2, 0.25) is 0 Å². The molecule has 16 heavy (non-hydrogen) atoms. The van der Waals surface area contributed by atoms with Gasteiger partial charge in [0.05, 0.1) is 11.6 Å². The third-order valence-corrected chi connectivity index (χ3v) is 3.65. The van der Waals surface area contributed by atoms with Crippen LogP contribution in [-0.4, -0.2) is 13.1 Å². The predicted molar refractivity (Wildman–Crippen MR) is 68.2 cm³/mol. The molecule has 0 bridgehead atoms. The number of halogens is 1. The molecular weight excluding hydrogens is 264 g/mol. The second kappa shape index (κ2) is 5.47. The van der Waals surface area contributed by atoms with Crippen LogP contribution < -0.4 is 5.32 Å². The highest BCUT2D eigenvalue weighted by Gasteiger charge is 2.15. The Labute approximate surface area is 105 Å². The zero-order valence-electron chi connectivity index (χ0n) is 9.17. The average Bonchev–Trinajstić information content (AvgIpc) is 2.33. The van der Waals surface area contributed by atoms with E-state index in [2.05, 4.69) is 33.4 Å². The number of nitrogens with one attached hydrogen (secondary N) is 1. The molecule has 1 aliphatic rings. The summed E-state index contributed by atoms with van der Waals surface area (Å²) in [6.07, 6.45) is 3.49. The Morgan fingerprint density at radius 1 is 1.38 bits per heavy atom. The first-order chi connectivity index (χ1) is 7.79. The van der Waals surface area contributed by atoms with Gasteiger partial charge in [-0.05, 0) is 56.0 Å². The Kier molecular flexibility index (Phi) is 3.98. The van der Waals surface area contributed by atoms with Gasteiger partial charge >= 0.3 is 0 Å². The van der Waals surface area contributed by atoms with Crippen molar-refractivity contribution in [3.63, 3.8) is 0 Å². The van der Waals surface area contributed by atoms with Crippen LogP contribution in [0, 0.1) is 17.2 Å². The molecule has 1 heterocycles. The highest BCUT2D eigenvalue weighted by atomic mass is 79.9. The second-order valence-electron chi connectivity index (χ2n) is 4.31. The van der Waals surface area contributed by atoms with Gasteiger partial charge in [-0.3, -0.25) is 0 Å². The molecule has 1 aliphatic heterocycles. The Bertz CT molecular complexity index is 403. The fourth-order valence-corrected chi connectivity index (χ4v) is 2.59. The van der Waals surface area contributed by atoms with E-state index in [-0.39, 0.29) is 0 Å². The van der Waals surface area contributed by atoms with Crippen LogP contribution in [0.15, 0.2) is 22.7 Å². The Morgan fingerprint density at radius 3 is 2.81 bits per heavy atom. The minimum Gasteiger partial charge on any atom is -0.317 e. The number of hydrogen-bond acceptors (Lipinski definition) is 2. The molecule has 0 unspecified atom stereocenters. The Morgan fingerprint density at radius 2 is 2.12 bits per heavy atom. The Hall–Kier alpha value is -0.850. The lowest BCUT2D eigenvalue weighted by Crippen LogP contribution is -2.28. The van der Waals surface area contributed by atoms with Gasteiger partial charge in [0.25, 0.3) is 0 Å². The van der Waals surface area contributed by atoms with Gasteiger partial charge in [0, 0.05) is 4.47 Å². The van der Waals surface area contributed by atoms with Crippen LogP contribution in [0.25, 0.3) is 0 Å². The van der Waals surface area contributed by atoms with Crippen molar-refractivity contribution in [3.8, 4) is 6.07 Å². The number of rotatable bonds is 2. The first-order valence-electron chi connectivity index (χ1n) is 5.69. The quantitative estimate of drug-likeness (QED) is 0.903. The molecule has 1 saturated heterocycles. The van der Waals surface area contributed by atoms with Crippen LogP contribution in [0.3, 0.4) is 0 Å². The number of hydrogen-bond donors (Lipinski definition) is 1. The third-order valence-electron chi connectivity index (χ3n) is 3.16. The standard InChI is InChI=1S/C13H15BrN2/c14-13-2-1-11(12(8-13)9-15)7-10-3-5-16-6-4-10/h1-2,8,10,16H,3-7H2. The fourth-order valence-electron chi connectivity index (χ4n) is 2.23. The van der Waals surface area contributed by atoms with Crippen LogP contribution in [0.4, 0.5) is 0 Å². The summed E-state index contributed by atoms with van der Waals surface area (Å²) in [7, 11) is 0. The van der Waals surface area contributed by atoms with Gasteiger partial charge in [0.1, 0.15) is 0 Å². The van der Waals surface area contributed by atoms with E-state index < -0.39 is 0 Å². The topological polar surface area (TPSA) is 35.8 Å². The van der Waals surface area contributed by atoms with Crippen molar-refractivity contribution in [1.82, 2.24) is 5.32 Å². The van der Waals surface area contributed by atoms with E-state index in [1.807, 2.05) is 12.1 Å². The minimum absolute atomic E-state index is 0.731. The molecule has 2 nitrogen and oxygen atoms in total. The molecule has 0 amide bonds. The number of nitriles is 1. The maximum Gasteiger partial charge on any atom is 0.0994 e. The molecule has 0 radical (unpaired) electrons. The van der Waals surface area contributed by atoms with E-state index in [1.54, 1.807) is 0 Å². The zero-order chi connectivity index (χ0) is 11.4. The fraction of sp³-hybridized carbons (Fsp3) is 0.462. The lowest BCUT2D eigenvalue weighted by Gasteiger charge is -2.22. The first kappa shape index (κ1) is 11.6. The smallest absolute Gasteiger partial charge is 0.0994 e. The monoisotopic (exact) mass is 278 g/mol. The van der Waals surface area contributed by atoms with Gasteiger partial charge in [0.15, 0.2) is 0 Å². The molecule has 84 valence electrons. The molecule has 1 aromatic carbocycles. The van der Waals surface area contributed by atoms with Gasteiger partial charge < -0.3 is 5.32 Å². The number of benzene rings is 1. The second-order valence-corrected chi connectivity index (χ2v) is 5.23.